The molecule has 2 heterocycles. The lowest BCUT2D eigenvalue weighted by atomic mass is 10.1. The molecule has 2 amide bonds. The number of hydrogen-bond acceptors (Lipinski definition) is 2. The largest absolute Gasteiger partial charge is 0.351 e. The van der Waals surface area contributed by atoms with Gasteiger partial charge in [0.15, 0.2) is 0 Å². The number of nitrogens with one attached hydrogen (secondary N) is 2. The lowest BCUT2D eigenvalue weighted by Crippen LogP contribution is -2.41. The highest BCUT2D eigenvalue weighted by Crippen LogP contribution is 2.19. The van der Waals surface area contributed by atoms with Gasteiger partial charge >= 0.3 is 0 Å². The summed E-state index contributed by atoms with van der Waals surface area (Å²) in [6, 6.07) is 15.6. The van der Waals surface area contributed by atoms with Crippen LogP contribution in [0.2, 0.25) is 0 Å². The number of benzene rings is 2. The number of carbonyl (C=O) groups excluding carboxylic acids is 2. The van der Waals surface area contributed by atoms with E-state index >= 15 is 0 Å². The van der Waals surface area contributed by atoms with Crippen LogP contribution >= 0.6 is 0 Å². The maximum atomic E-state index is 12.7. The van der Waals surface area contributed by atoms with Gasteiger partial charge in [-0.25, -0.2) is 0 Å². The molecule has 1 aliphatic heterocycles. The maximum absolute atomic E-state index is 12.7. The van der Waals surface area contributed by atoms with Crippen LogP contribution in [-0.4, -0.2) is 34.3 Å². The van der Waals surface area contributed by atoms with Crippen molar-refractivity contribution in [2.45, 2.75) is 32.9 Å². The summed E-state index contributed by atoms with van der Waals surface area (Å²) in [5.74, 6) is -0.254. The fourth-order valence-electron chi connectivity index (χ4n) is 3.54. The monoisotopic (exact) mass is 361 g/mol. The van der Waals surface area contributed by atoms with Crippen LogP contribution in [0.4, 0.5) is 0 Å². The third-order valence-corrected chi connectivity index (χ3v) is 5.12. The van der Waals surface area contributed by atoms with Gasteiger partial charge in [0.25, 0.3) is 5.91 Å². The highest BCUT2D eigenvalue weighted by Gasteiger charge is 2.33. The summed E-state index contributed by atoms with van der Waals surface area (Å²) >= 11 is 0. The molecule has 2 N–H and O–H groups in total. The molecule has 5 heteroatoms. The molecule has 1 atom stereocenters. The van der Waals surface area contributed by atoms with E-state index in [9.17, 15) is 9.59 Å². The summed E-state index contributed by atoms with van der Waals surface area (Å²) in [5.41, 5.74) is 4.85. The Morgan fingerprint density at radius 1 is 1.11 bits per heavy atom. The van der Waals surface area contributed by atoms with Crippen molar-refractivity contribution in [3.05, 3.63) is 70.9 Å². The molecule has 1 aromatic heterocycles. The molecule has 0 spiro atoms. The summed E-state index contributed by atoms with van der Waals surface area (Å²) in [6.45, 7) is 5.29. The molecule has 1 unspecified atom stereocenters. The fourth-order valence-corrected chi connectivity index (χ4v) is 3.54. The predicted molar refractivity (Wildman–Crippen MR) is 106 cm³/mol. The Hall–Kier alpha value is -3.08. The zero-order valence-corrected chi connectivity index (χ0v) is 15.6. The van der Waals surface area contributed by atoms with Gasteiger partial charge in [-0.05, 0) is 43.5 Å². The Morgan fingerprint density at radius 2 is 1.85 bits per heavy atom. The van der Waals surface area contributed by atoms with Crippen molar-refractivity contribution in [3.8, 4) is 0 Å². The van der Waals surface area contributed by atoms with Crippen molar-refractivity contribution >= 4 is 22.7 Å². The van der Waals surface area contributed by atoms with Gasteiger partial charge in [0.1, 0.15) is 11.7 Å². The van der Waals surface area contributed by atoms with Gasteiger partial charge in [0.05, 0.1) is 0 Å². The highest BCUT2D eigenvalue weighted by atomic mass is 16.2. The number of amides is 2. The smallest absolute Gasteiger partial charge is 0.268 e. The maximum Gasteiger partial charge on any atom is 0.268 e. The zero-order chi connectivity index (χ0) is 19.0. The van der Waals surface area contributed by atoms with Crippen LogP contribution in [0.5, 0.6) is 0 Å². The van der Waals surface area contributed by atoms with Crippen molar-refractivity contribution in [1.82, 2.24) is 15.2 Å². The van der Waals surface area contributed by atoms with Crippen molar-refractivity contribution in [3.63, 3.8) is 0 Å². The second kappa shape index (κ2) is 6.91. The van der Waals surface area contributed by atoms with Crippen LogP contribution in [0.15, 0.2) is 48.5 Å². The van der Waals surface area contributed by atoms with E-state index in [4.69, 9.17) is 0 Å². The number of fused-ring (bicyclic) bond motifs is 1. The molecule has 5 nitrogen and oxygen atoms in total. The second-order valence-corrected chi connectivity index (χ2v) is 7.33. The van der Waals surface area contributed by atoms with Crippen LogP contribution in [0.25, 0.3) is 10.9 Å². The van der Waals surface area contributed by atoms with Crippen LogP contribution in [0.1, 0.15) is 33.6 Å². The second-order valence-electron chi connectivity index (χ2n) is 7.33. The number of hydrogen-bond donors (Lipinski definition) is 2. The molecule has 0 radical (unpaired) electrons. The molecule has 27 heavy (non-hydrogen) atoms. The average molecular weight is 361 g/mol. The number of aromatic amines is 1. The predicted octanol–water partition coefficient (Wildman–Crippen LogP) is 3.32. The van der Waals surface area contributed by atoms with Gasteiger partial charge in [0, 0.05) is 24.0 Å². The standard InChI is InChI=1S/C22H23N3O2/c1-14-3-6-16(7-4-14)13-25-10-9-18(22(25)27)24-21(26)20-12-17-8-5-15(2)11-19(17)23-20/h3-8,11-12,18,23H,9-10,13H2,1-2H3,(H,24,26). The molecular weight excluding hydrogens is 338 g/mol. The van der Waals surface area contributed by atoms with Crippen LogP contribution < -0.4 is 5.32 Å². The van der Waals surface area contributed by atoms with Gasteiger partial charge in [-0.15, -0.1) is 0 Å². The third-order valence-electron chi connectivity index (χ3n) is 5.12. The summed E-state index contributed by atoms with van der Waals surface area (Å²) in [4.78, 5) is 30.2. The van der Waals surface area contributed by atoms with Crippen molar-refractivity contribution in [2.24, 2.45) is 0 Å². The number of carbonyl (C=O) groups is 2. The molecule has 138 valence electrons. The quantitative estimate of drug-likeness (QED) is 0.749. The first-order chi connectivity index (χ1) is 13.0. The molecule has 0 aliphatic carbocycles. The SMILES string of the molecule is Cc1ccc(CN2CCC(NC(=O)c3cc4ccc(C)cc4[nH]3)C2=O)cc1. The molecular formula is C22H23N3O2. The Morgan fingerprint density at radius 3 is 2.63 bits per heavy atom. The molecule has 0 bridgehead atoms. The highest BCUT2D eigenvalue weighted by molar-refractivity contribution is 6.00. The molecule has 3 aromatic rings. The number of likely N-dealkylation sites (tertiary alicyclic amines) is 1. The van der Waals surface area contributed by atoms with Crippen molar-refractivity contribution < 1.29 is 9.59 Å². The average Bonchev–Trinajstić information content (AvgIpc) is 3.21. The van der Waals surface area contributed by atoms with E-state index < -0.39 is 6.04 Å². The molecule has 1 aliphatic rings. The summed E-state index contributed by atoms with van der Waals surface area (Å²) in [5, 5.41) is 3.87. The third kappa shape index (κ3) is 3.58. The number of nitrogens with zero attached hydrogens (tertiary/aromatic N) is 1. The van der Waals surface area contributed by atoms with E-state index in [1.165, 1.54) is 5.56 Å². The zero-order valence-electron chi connectivity index (χ0n) is 15.6. The number of aryl methyl sites for hydroxylation is 2. The normalized spacial score (nSPS) is 16.9. The van der Waals surface area contributed by atoms with Crippen LogP contribution in [0.3, 0.4) is 0 Å². The first-order valence-corrected chi connectivity index (χ1v) is 9.24. The van der Waals surface area contributed by atoms with Gasteiger partial charge < -0.3 is 15.2 Å². The summed E-state index contributed by atoms with van der Waals surface area (Å²) < 4.78 is 0. The Kier molecular flexibility index (Phi) is 4.44. The number of rotatable bonds is 4. The van der Waals surface area contributed by atoms with E-state index in [0.717, 1.165) is 22.0 Å². The minimum atomic E-state index is -0.462. The van der Waals surface area contributed by atoms with E-state index in [1.807, 2.05) is 67.3 Å². The first kappa shape index (κ1) is 17.3. The van der Waals surface area contributed by atoms with Crippen molar-refractivity contribution in [1.29, 1.82) is 0 Å². The Labute approximate surface area is 158 Å². The van der Waals surface area contributed by atoms with E-state index in [1.54, 1.807) is 0 Å². The van der Waals surface area contributed by atoms with E-state index in [0.29, 0.717) is 25.2 Å². The topological polar surface area (TPSA) is 65.2 Å². The Balaban J connectivity index is 1.42. The lowest BCUT2D eigenvalue weighted by Gasteiger charge is -2.17. The van der Waals surface area contributed by atoms with Gasteiger partial charge in [-0.2, -0.15) is 0 Å². The Bertz CT molecular complexity index is 1000. The molecule has 4 rings (SSSR count). The van der Waals surface area contributed by atoms with Gasteiger partial charge in [-0.1, -0.05) is 42.0 Å². The van der Waals surface area contributed by atoms with Crippen LogP contribution in [0, 0.1) is 13.8 Å². The number of aromatic nitrogens is 1. The van der Waals surface area contributed by atoms with E-state index in [2.05, 4.69) is 10.3 Å². The molecule has 1 saturated heterocycles. The minimum absolute atomic E-state index is 0.0177. The van der Waals surface area contributed by atoms with Crippen molar-refractivity contribution in [2.75, 3.05) is 6.54 Å². The van der Waals surface area contributed by atoms with Gasteiger partial charge in [-0.3, -0.25) is 9.59 Å². The van der Waals surface area contributed by atoms with Crippen LogP contribution in [-0.2, 0) is 11.3 Å². The molecule has 2 aromatic carbocycles. The van der Waals surface area contributed by atoms with E-state index in [-0.39, 0.29) is 11.8 Å². The first-order valence-electron chi connectivity index (χ1n) is 9.24. The summed E-state index contributed by atoms with van der Waals surface area (Å²) in [7, 11) is 0. The minimum Gasteiger partial charge on any atom is -0.351 e. The van der Waals surface area contributed by atoms with Gasteiger partial charge in [0.2, 0.25) is 5.91 Å². The number of H-pyrrole nitrogens is 1. The summed E-state index contributed by atoms with van der Waals surface area (Å²) in [6.07, 6.45) is 0.635. The lowest BCUT2D eigenvalue weighted by molar-refractivity contribution is -0.129. The molecule has 0 saturated carbocycles. The molecule has 1 fully saturated rings. The fraction of sp³-hybridized carbons (Fsp3) is 0.273.